The number of ether oxygens (including phenoxy) is 1. The number of nitrogens with one attached hydrogen (secondary N) is 1. The number of anilines is 1. The fourth-order valence-corrected chi connectivity index (χ4v) is 8.47. The molecule has 2 bridgehead atoms. The SMILES string of the molecule is FC(F)=C1CN2CCCC2(COc2nc(N3CC4CCC(C3)N4)c3cnc(-c4cccc5cccc(C#[C][Tl])c45)c(F)c3n2)C1.P.[SH-]. The molecule has 7 nitrogen and oxygen atoms in total. The number of piperazine rings is 1. The Bertz CT molecular complexity index is 1940. The molecule has 2 aromatic carbocycles. The average Bonchev–Trinajstić information content (AvgIpc) is 3.71. The van der Waals surface area contributed by atoms with Crippen molar-refractivity contribution in [1.29, 1.82) is 0 Å². The van der Waals surface area contributed by atoms with Gasteiger partial charge in [0.1, 0.15) is 0 Å². The summed E-state index contributed by atoms with van der Waals surface area (Å²) in [4.78, 5) is 18.4. The number of rotatable bonds is 5. The molecule has 13 heteroatoms. The predicted octanol–water partition coefficient (Wildman–Crippen LogP) is 4.96. The molecule has 0 radical (unpaired) electrons. The van der Waals surface area contributed by atoms with E-state index in [0.717, 1.165) is 61.7 Å². The molecule has 0 amide bonds. The van der Waals surface area contributed by atoms with E-state index in [1.165, 1.54) is 0 Å². The molecule has 0 saturated carbocycles. The summed E-state index contributed by atoms with van der Waals surface area (Å²) in [7, 11) is 0. The zero-order valence-corrected chi connectivity index (χ0v) is 32.6. The first-order valence-corrected chi connectivity index (χ1v) is 17.7. The van der Waals surface area contributed by atoms with Gasteiger partial charge in [0.2, 0.25) is 0 Å². The van der Waals surface area contributed by atoms with Crippen LogP contribution in [0.15, 0.2) is 54.2 Å². The summed E-state index contributed by atoms with van der Waals surface area (Å²) >= 11 is 0.514. The van der Waals surface area contributed by atoms with Crippen LogP contribution in [0.2, 0.25) is 0 Å². The molecule has 4 aromatic rings. The first-order valence-electron chi connectivity index (χ1n) is 15.4. The van der Waals surface area contributed by atoms with Crippen LogP contribution in [0.4, 0.5) is 19.0 Å². The Kier molecular flexibility index (Phi) is 10.1. The summed E-state index contributed by atoms with van der Waals surface area (Å²) in [6.45, 7) is 2.63. The second-order valence-corrected chi connectivity index (χ2v) is 13.7. The maximum absolute atomic E-state index is 16.8. The molecule has 0 spiro atoms. The monoisotopic (exact) mass is 867 g/mol. The molecular formula is C34H34F3N6OPSTl-. The third kappa shape index (κ3) is 6.14. The number of fused-ring (bicyclic) bond motifs is 5. The minimum atomic E-state index is -1.60. The predicted molar refractivity (Wildman–Crippen MR) is 188 cm³/mol. The van der Waals surface area contributed by atoms with Gasteiger partial charge in [-0.2, -0.15) is 18.7 Å². The number of aromatic nitrogens is 3. The van der Waals surface area contributed by atoms with Crippen molar-refractivity contribution in [3.8, 4) is 26.7 Å². The molecule has 8 rings (SSSR count). The molecule has 1 N–H and O–H groups in total. The Morgan fingerprint density at radius 1 is 1.11 bits per heavy atom. The van der Waals surface area contributed by atoms with E-state index < -0.39 is 17.4 Å². The van der Waals surface area contributed by atoms with Crippen LogP contribution in [0.25, 0.3) is 32.9 Å². The Balaban J connectivity index is 0.00000193. The molecule has 47 heavy (non-hydrogen) atoms. The summed E-state index contributed by atoms with van der Waals surface area (Å²) in [5, 5.41) is 5.98. The molecule has 4 atom stereocenters. The van der Waals surface area contributed by atoms with E-state index in [-0.39, 0.29) is 65.8 Å². The number of thiol groups is 1. The molecule has 4 aliphatic rings. The summed E-state index contributed by atoms with van der Waals surface area (Å²) in [6, 6.07) is 12.4. The smallest absolute Gasteiger partial charge is 0.00319 e. The number of nitrogens with zero attached hydrogens (tertiary/aromatic N) is 5. The number of pyridine rings is 1. The molecule has 4 unspecified atom stereocenters. The van der Waals surface area contributed by atoms with E-state index in [1.54, 1.807) is 6.20 Å². The minimum absolute atomic E-state index is 0. The second-order valence-electron chi connectivity index (χ2n) is 12.6. The van der Waals surface area contributed by atoms with Crippen LogP contribution in [0.3, 0.4) is 0 Å². The Labute approximate surface area is 297 Å². The van der Waals surface area contributed by atoms with Crippen LogP contribution in [-0.2, 0) is 13.5 Å². The fourth-order valence-electron chi connectivity index (χ4n) is 7.87. The number of halogens is 3. The van der Waals surface area contributed by atoms with E-state index in [9.17, 15) is 8.78 Å². The third-order valence-corrected chi connectivity index (χ3v) is 10.5. The van der Waals surface area contributed by atoms with Gasteiger partial charge in [0, 0.05) is 24.2 Å². The quantitative estimate of drug-likeness (QED) is 0.0995. The van der Waals surface area contributed by atoms with Crippen molar-refractivity contribution >= 4 is 76.7 Å². The van der Waals surface area contributed by atoms with Gasteiger partial charge in [-0.3, -0.25) is 4.90 Å². The van der Waals surface area contributed by atoms with Crippen molar-refractivity contribution in [2.75, 3.05) is 37.7 Å². The summed E-state index contributed by atoms with van der Waals surface area (Å²) in [5.41, 5.74) is 1.46. The first-order chi connectivity index (χ1) is 21.9. The fraction of sp³-hybridized carbons (Fsp3) is 0.382. The molecular weight excluding hydrogens is 833 g/mol. The summed E-state index contributed by atoms with van der Waals surface area (Å²) in [6.07, 6.45) is 4.15. The average molecular weight is 867 g/mol. The zero-order chi connectivity index (χ0) is 30.7. The maximum Gasteiger partial charge on any atom is -0.00319 e. The van der Waals surface area contributed by atoms with Crippen LogP contribution in [0.1, 0.15) is 37.7 Å². The van der Waals surface area contributed by atoms with Crippen molar-refractivity contribution in [2.45, 2.75) is 49.7 Å². The van der Waals surface area contributed by atoms with Crippen LogP contribution in [0, 0.1) is 15.2 Å². The van der Waals surface area contributed by atoms with E-state index in [2.05, 4.69) is 34.5 Å². The van der Waals surface area contributed by atoms with Gasteiger partial charge in [0.15, 0.2) is 0 Å². The topological polar surface area (TPSA) is 66.4 Å². The van der Waals surface area contributed by atoms with Crippen molar-refractivity contribution in [2.24, 2.45) is 0 Å². The number of hydrogen-bond donors (Lipinski definition) is 1. The van der Waals surface area contributed by atoms with E-state index in [0.29, 0.717) is 54.6 Å². The van der Waals surface area contributed by atoms with Gasteiger partial charge in [0.25, 0.3) is 6.08 Å². The van der Waals surface area contributed by atoms with Crippen molar-refractivity contribution in [3.63, 3.8) is 0 Å². The Morgan fingerprint density at radius 3 is 2.62 bits per heavy atom. The van der Waals surface area contributed by atoms with Crippen molar-refractivity contribution < 1.29 is 17.9 Å². The van der Waals surface area contributed by atoms with E-state index >= 15 is 4.39 Å². The van der Waals surface area contributed by atoms with Crippen molar-refractivity contribution in [1.82, 2.24) is 25.2 Å². The van der Waals surface area contributed by atoms with E-state index in [4.69, 9.17) is 9.72 Å². The van der Waals surface area contributed by atoms with Gasteiger partial charge in [-0.15, -0.1) is 0 Å². The van der Waals surface area contributed by atoms with Gasteiger partial charge < -0.3 is 18.8 Å². The van der Waals surface area contributed by atoms with Crippen LogP contribution in [-0.4, -0.2) is 96.0 Å². The molecule has 242 valence electrons. The second kappa shape index (κ2) is 13.8. The van der Waals surface area contributed by atoms with Gasteiger partial charge in [-0.1, -0.05) is 0 Å². The molecule has 4 aliphatic heterocycles. The van der Waals surface area contributed by atoms with Gasteiger partial charge in [0.05, 0.1) is 5.54 Å². The number of hydrogen-bond acceptors (Lipinski definition) is 8. The molecule has 0 aliphatic carbocycles. The number of benzene rings is 2. The largest absolute Gasteiger partial charge is 0.813 e. The molecule has 4 fully saturated rings. The Morgan fingerprint density at radius 2 is 1.87 bits per heavy atom. The van der Waals surface area contributed by atoms with Gasteiger partial charge in [-0.25, -0.2) is 0 Å². The van der Waals surface area contributed by atoms with Crippen LogP contribution < -0.4 is 15.0 Å². The molecule has 2 aromatic heterocycles. The zero-order valence-electron chi connectivity index (χ0n) is 25.8. The molecule has 6 heterocycles. The van der Waals surface area contributed by atoms with Crippen LogP contribution in [0.5, 0.6) is 6.01 Å². The minimum Gasteiger partial charge on any atom is -0.813 e. The molecule has 4 saturated heterocycles. The van der Waals surface area contributed by atoms with Crippen molar-refractivity contribution in [3.05, 3.63) is 65.6 Å². The normalized spacial score (nSPS) is 23.2. The van der Waals surface area contributed by atoms with Gasteiger partial charge in [-0.05, 0) is 38.6 Å². The van der Waals surface area contributed by atoms with Gasteiger partial charge >= 0.3 is 183 Å². The first kappa shape index (κ1) is 34.4. The van der Waals surface area contributed by atoms with E-state index in [1.807, 2.05) is 36.4 Å². The summed E-state index contributed by atoms with van der Waals surface area (Å²) < 4.78 is 53.4. The maximum atomic E-state index is 16.8. The third-order valence-electron chi connectivity index (χ3n) is 9.93. The Hall–Kier alpha value is -2.50. The van der Waals surface area contributed by atoms with Crippen LogP contribution >= 0.6 is 9.90 Å². The summed E-state index contributed by atoms with van der Waals surface area (Å²) in [5.74, 6) is 3.27. The standard InChI is InChI=1S/C34H30F3N6O.H3P.H2S.Tl/c1-2-20-6-3-7-21-8-4-9-25(27(20)21)29-28(35)30-26(15-38-29)32(42-17-23-10-11-24(18-42)39-23)41-33(40-30)44-19-34-12-5-13-43(34)16-22(14-34)31(36)37;;;/h3-4,6-9,15,23-24,39H,5,10-14,16-19H2;1H3;1H2;/p-1.